The molecule has 1 fully saturated rings. The molecule has 1 aliphatic carbocycles. The molecule has 7 heteroatoms. The van der Waals surface area contributed by atoms with Crippen LogP contribution in [0.1, 0.15) is 58.3 Å². The Kier molecular flexibility index (Phi) is 10.2. The number of methoxy groups -OCH3 is 1. The summed E-state index contributed by atoms with van der Waals surface area (Å²) in [5.41, 5.74) is 0. The van der Waals surface area contributed by atoms with Crippen molar-refractivity contribution in [3.8, 4) is 11.5 Å². The summed E-state index contributed by atoms with van der Waals surface area (Å²) in [5.74, 6) is 0.256. The highest BCUT2D eigenvalue weighted by Gasteiger charge is 2.31. The first kappa shape index (κ1) is 23.7. The summed E-state index contributed by atoms with van der Waals surface area (Å²) in [5, 5.41) is 0. The SMILES string of the molecule is COC(=O)C1CCC(C(=O)Oc2ccc(OCCCCCCOC(C)=O)cc2)CC1. The summed E-state index contributed by atoms with van der Waals surface area (Å²) in [6.07, 6.45) is 6.38. The van der Waals surface area contributed by atoms with Gasteiger partial charge >= 0.3 is 17.9 Å². The first-order valence-corrected chi connectivity index (χ1v) is 10.7. The number of rotatable bonds is 11. The van der Waals surface area contributed by atoms with Crippen molar-refractivity contribution >= 4 is 17.9 Å². The van der Waals surface area contributed by atoms with Gasteiger partial charge in [-0.15, -0.1) is 0 Å². The molecule has 0 heterocycles. The molecule has 1 saturated carbocycles. The molecule has 0 unspecified atom stereocenters. The van der Waals surface area contributed by atoms with Crippen molar-refractivity contribution in [3.63, 3.8) is 0 Å². The van der Waals surface area contributed by atoms with E-state index in [1.807, 2.05) is 0 Å². The second-order valence-electron chi connectivity index (χ2n) is 7.57. The number of unbranched alkanes of at least 4 members (excludes halogenated alkanes) is 3. The molecule has 1 aromatic carbocycles. The maximum absolute atomic E-state index is 12.4. The van der Waals surface area contributed by atoms with Crippen LogP contribution in [-0.2, 0) is 23.9 Å². The van der Waals surface area contributed by atoms with E-state index in [1.165, 1.54) is 14.0 Å². The number of carbonyl (C=O) groups is 3. The van der Waals surface area contributed by atoms with Gasteiger partial charge in [-0.25, -0.2) is 0 Å². The van der Waals surface area contributed by atoms with E-state index in [9.17, 15) is 14.4 Å². The van der Waals surface area contributed by atoms with E-state index in [2.05, 4.69) is 0 Å². The standard InChI is InChI=1S/C23H32O7/c1-17(24)28-15-5-3-4-6-16-29-20-11-13-21(14-12-20)30-23(26)19-9-7-18(8-10-19)22(25)27-2/h11-14,18-19H,3-10,15-16H2,1-2H3. The van der Waals surface area contributed by atoms with Crippen molar-refractivity contribution in [2.24, 2.45) is 11.8 Å². The third-order valence-electron chi connectivity index (χ3n) is 5.25. The molecule has 1 aliphatic rings. The molecule has 0 spiro atoms. The smallest absolute Gasteiger partial charge is 0.314 e. The van der Waals surface area contributed by atoms with Gasteiger partial charge in [0.1, 0.15) is 11.5 Å². The second-order valence-corrected chi connectivity index (χ2v) is 7.57. The number of hydrogen-bond donors (Lipinski definition) is 0. The van der Waals surface area contributed by atoms with Crippen molar-refractivity contribution in [3.05, 3.63) is 24.3 Å². The van der Waals surface area contributed by atoms with Crippen molar-refractivity contribution in [1.82, 2.24) is 0 Å². The molecule has 0 aromatic heterocycles. The lowest BCUT2D eigenvalue weighted by Crippen LogP contribution is -2.29. The summed E-state index contributed by atoms with van der Waals surface area (Å²) in [7, 11) is 1.39. The van der Waals surface area contributed by atoms with Crippen LogP contribution >= 0.6 is 0 Å². The molecule has 1 aromatic rings. The quantitative estimate of drug-likeness (QED) is 0.303. The molecule has 2 rings (SSSR count). The van der Waals surface area contributed by atoms with Gasteiger partial charge in [-0.2, -0.15) is 0 Å². The van der Waals surface area contributed by atoms with Crippen LogP contribution in [0.2, 0.25) is 0 Å². The van der Waals surface area contributed by atoms with E-state index in [1.54, 1.807) is 24.3 Å². The summed E-state index contributed by atoms with van der Waals surface area (Å²) in [6.45, 7) is 2.50. The Morgan fingerprint density at radius 3 is 1.90 bits per heavy atom. The fourth-order valence-electron chi connectivity index (χ4n) is 3.50. The van der Waals surface area contributed by atoms with Gasteiger partial charge in [0.2, 0.25) is 0 Å². The van der Waals surface area contributed by atoms with Crippen LogP contribution in [0.5, 0.6) is 11.5 Å². The molecular formula is C23H32O7. The zero-order valence-corrected chi connectivity index (χ0v) is 17.9. The average molecular weight is 421 g/mol. The van der Waals surface area contributed by atoms with Gasteiger partial charge in [-0.3, -0.25) is 14.4 Å². The van der Waals surface area contributed by atoms with Crippen molar-refractivity contribution in [2.75, 3.05) is 20.3 Å². The minimum absolute atomic E-state index is 0.107. The summed E-state index contributed by atoms with van der Waals surface area (Å²) in [4.78, 5) is 34.6. The lowest BCUT2D eigenvalue weighted by molar-refractivity contribution is -0.149. The normalized spacial score (nSPS) is 18.3. The highest BCUT2D eigenvalue weighted by atomic mass is 16.5. The summed E-state index contributed by atoms with van der Waals surface area (Å²) in [6, 6.07) is 7.04. The lowest BCUT2D eigenvalue weighted by atomic mass is 9.82. The number of hydrogen-bond acceptors (Lipinski definition) is 7. The Morgan fingerprint density at radius 1 is 0.800 bits per heavy atom. The molecule has 0 saturated heterocycles. The zero-order valence-electron chi connectivity index (χ0n) is 17.9. The van der Waals surface area contributed by atoms with Gasteiger partial charge < -0.3 is 18.9 Å². The predicted octanol–water partition coefficient (Wildman–Crippen LogP) is 4.07. The third kappa shape index (κ3) is 8.43. The van der Waals surface area contributed by atoms with E-state index < -0.39 is 0 Å². The van der Waals surface area contributed by atoms with E-state index in [4.69, 9.17) is 18.9 Å². The molecule has 0 N–H and O–H groups in total. The molecule has 30 heavy (non-hydrogen) atoms. The monoisotopic (exact) mass is 420 g/mol. The van der Waals surface area contributed by atoms with Crippen molar-refractivity contribution < 1.29 is 33.3 Å². The fraction of sp³-hybridized carbons (Fsp3) is 0.609. The number of carbonyl (C=O) groups excluding carboxylic acids is 3. The van der Waals surface area contributed by atoms with Crippen LogP contribution in [-0.4, -0.2) is 38.2 Å². The molecule has 166 valence electrons. The Labute approximate surface area is 178 Å². The lowest BCUT2D eigenvalue weighted by Gasteiger charge is -2.25. The predicted molar refractivity (Wildman–Crippen MR) is 110 cm³/mol. The molecule has 0 amide bonds. The van der Waals surface area contributed by atoms with Crippen LogP contribution in [0, 0.1) is 11.8 Å². The molecule has 7 nitrogen and oxygen atoms in total. The first-order valence-electron chi connectivity index (χ1n) is 10.7. The molecular weight excluding hydrogens is 388 g/mol. The fourth-order valence-corrected chi connectivity index (χ4v) is 3.50. The van der Waals surface area contributed by atoms with Crippen LogP contribution < -0.4 is 9.47 Å². The van der Waals surface area contributed by atoms with Gasteiger partial charge in [0.05, 0.1) is 32.2 Å². The van der Waals surface area contributed by atoms with Gasteiger partial charge in [0.25, 0.3) is 0 Å². The Morgan fingerprint density at radius 2 is 1.33 bits per heavy atom. The van der Waals surface area contributed by atoms with E-state index in [0.29, 0.717) is 44.6 Å². The minimum Gasteiger partial charge on any atom is -0.494 e. The summed E-state index contributed by atoms with van der Waals surface area (Å²) >= 11 is 0. The molecule has 0 bridgehead atoms. The molecule has 0 atom stereocenters. The minimum atomic E-state index is -0.249. The number of benzene rings is 1. The van der Waals surface area contributed by atoms with E-state index in [-0.39, 0.29) is 29.7 Å². The topological polar surface area (TPSA) is 88.1 Å². The Balaban J connectivity index is 1.62. The third-order valence-corrected chi connectivity index (χ3v) is 5.25. The van der Waals surface area contributed by atoms with Crippen molar-refractivity contribution in [1.29, 1.82) is 0 Å². The zero-order chi connectivity index (χ0) is 21.8. The van der Waals surface area contributed by atoms with Gasteiger partial charge in [0, 0.05) is 6.92 Å². The van der Waals surface area contributed by atoms with Crippen molar-refractivity contribution in [2.45, 2.75) is 58.3 Å². The maximum atomic E-state index is 12.4. The average Bonchev–Trinajstić information content (AvgIpc) is 2.76. The molecule has 0 radical (unpaired) electrons. The number of esters is 3. The van der Waals surface area contributed by atoms with Gasteiger partial charge in [0.15, 0.2) is 0 Å². The molecule has 0 aliphatic heterocycles. The highest BCUT2D eigenvalue weighted by Crippen LogP contribution is 2.31. The first-order chi connectivity index (χ1) is 14.5. The van der Waals surface area contributed by atoms with Crippen LogP contribution in [0.15, 0.2) is 24.3 Å². The highest BCUT2D eigenvalue weighted by molar-refractivity contribution is 5.76. The van der Waals surface area contributed by atoms with E-state index >= 15 is 0 Å². The van der Waals surface area contributed by atoms with Crippen LogP contribution in [0.4, 0.5) is 0 Å². The van der Waals surface area contributed by atoms with Crippen LogP contribution in [0.25, 0.3) is 0 Å². The second kappa shape index (κ2) is 12.9. The largest absolute Gasteiger partial charge is 0.494 e. The Hall–Kier alpha value is -2.57. The maximum Gasteiger partial charge on any atom is 0.314 e. The van der Waals surface area contributed by atoms with E-state index in [0.717, 1.165) is 31.4 Å². The number of ether oxygens (including phenoxy) is 4. The Bertz CT molecular complexity index is 675. The van der Waals surface area contributed by atoms with Crippen LogP contribution in [0.3, 0.4) is 0 Å². The van der Waals surface area contributed by atoms with Gasteiger partial charge in [-0.1, -0.05) is 0 Å². The van der Waals surface area contributed by atoms with Gasteiger partial charge in [-0.05, 0) is 75.6 Å². The summed E-state index contributed by atoms with van der Waals surface area (Å²) < 4.78 is 20.8.